The molecule has 0 bridgehead atoms. The van der Waals surface area contributed by atoms with Crippen LogP contribution in [0.4, 0.5) is 23.4 Å². The number of Topliss-reactive ketones (excluding diaryl/α,β-unsaturated/α-hetero) is 1. The van der Waals surface area contributed by atoms with Gasteiger partial charge in [0.1, 0.15) is 17.1 Å². The van der Waals surface area contributed by atoms with Crippen LogP contribution in [0.1, 0.15) is 57.2 Å². The molecule has 1 saturated carbocycles. The van der Waals surface area contributed by atoms with Crippen LogP contribution in [-0.2, 0) is 22.2 Å². The molecule has 1 aliphatic carbocycles. The summed E-state index contributed by atoms with van der Waals surface area (Å²) < 4.78 is 56.9. The predicted molar refractivity (Wildman–Crippen MR) is 134 cm³/mol. The number of pyridine rings is 1. The normalized spacial score (nSPS) is 19.8. The smallest absolute Gasteiger partial charge is 0.375 e. The summed E-state index contributed by atoms with van der Waals surface area (Å²) in [6.07, 6.45) is -0.0325. The van der Waals surface area contributed by atoms with E-state index in [9.17, 15) is 27.9 Å². The van der Waals surface area contributed by atoms with Gasteiger partial charge in [0.2, 0.25) is 5.91 Å². The first-order valence-electron chi connectivity index (χ1n) is 12.4. The van der Waals surface area contributed by atoms with E-state index in [-0.39, 0.29) is 45.8 Å². The monoisotopic (exact) mass is 534 g/mol. The Morgan fingerprint density at radius 3 is 2.58 bits per heavy atom. The van der Waals surface area contributed by atoms with Crippen molar-refractivity contribution in [1.29, 1.82) is 0 Å². The van der Waals surface area contributed by atoms with Crippen molar-refractivity contribution in [2.75, 3.05) is 5.32 Å². The summed E-state index contributed by atoms with van der Waals surface area (Å²) >= 11 is 0. The lowest BCUT2D eigenvalue weighted by molar-refractivity contribution is -0.260. The first-order valence-corrected chi connectivity index (χ1v) is 12.4. The molecule has 0 radical (unpaired) electrons. The molecular formula is C27H30F4N4O3. The molecule has 4 rings (SSSR count). The highest BCUT2D eigenvalue weighted by molar-refractivity contribution is 5.93. The van der Waals surface area contributed by atoms with Gasteiger partial charge in [-0.2, -0.15) is 18.3 Å². The minimum Gasteiger partial charge on any atom is -0.375 e. The molecule has 3 aromatic rings. The molecule has 3 atom stereocenters. The van der Waals surface area contributed by atoms with Gasteiger partial charge in [-0.05, 0) is 80.8 Å². The lowest BCUT2D eigenvalue weighted by Crippen LogP contribution is -2.41. The van der Waals surface area contributed by atoms with Gasteiger partial charge in [0.05, 0.1) is 5.69 Å². The number of alkyl halides is 3. The van der Waals surface area contributed by atoms with Gasteiger partial charge in [0.25, 0.3) is 0 Å². The predicted octanol–water partition coefficient (Wildman–Crippen LogP) is 5.58. The van der Waals surface area contributed by atoms with Gasteiger partial charge in [0, 0.05) is 31.0 Å². The molecule has 2 heterocycles. The van der Waals surface area contributed by atoms with E-state index >= 15 is 4.39 Å². The zero-order chi connectivity index (χ0) is 28.0. The average molecular weight is 535 g/mol. The van der Waals surface area contributed by atoms with Gasteiger partial charge in [-0.3, -0.25) is 9.48 Å². The fraction of sp³-hybridized carbons (Fsp3) is 0.481. The maximum absolute atomic E-state index is 15.1. The lowest BCUT2D eigenvalue weighted by Gasteiger charge is -2.27. The summed E-state index contributed by atoms with van der Waals surface area (Å²) in [5.41, 5.74) is -2.85. The standard InChI is InChI=1S/C27H30F4N4O3/c1-14-13-32-22(33-25(37)17-7-5-6-16(9-17)8-15(2)36)12-19(14)18-10-20-23(21(28)11-18)34-35(4)24(20)26(3,38)27(29,30)31/h10-13,16-17,38H,5-9H2,1-4H3,(H,32,33,37)/t16-,17-,26?/m0/s1. The number of ketones is 1. The summed E-state index contributed by atoms with van der Waals surface area (Å²) in [6.45, 7) is 3.85. The van der Waals surface area contributed by atoms with Crippen molar-refractivity contribution in [2.24, 2.45) is 18.9 Å². The Kier molecular flexibility index (Phi) is 7.35. The zero-order valence-corrected chi connectivity index (χ0v) is 21.6. The summed E-state index contributed by atoms with van der Waals surface area (Å²) in [4.78, 5) is 28.7. The Balaban J connectivity index is 1.68. The van der Waals surface area contributed by atoms with Crippen molar-refractivity contribution in [2.45, 2.75) is 64.7 Å². The quantitative estimate of drug-likeness (QED) is 0.403. The van der Waals surface area contributed by atoms with Gasteiger partial charge in [-0.15, -0.1) is 0 Å². The molecule has 204 valence electrons. The third-order valence-corrected chi connectivity index (χ3v) is 7.30. The van der Waals surface area contributed by atoms with E-state index in [1.54, 1.807) is 19.9 Å². The number of aromatic nitrogens is 3. The number of anilines is 1. The second-order valence-electron chi connectivity index (χ2n) is 10.4. The first-order chi connectivity index (χ1) is 17.7. The maximum Gasteiger partial charge on any atom is 0.422 e. The number of carbonyl (C=O) groups is 2. The van der Waals surface area contributed by atoms with Crippen LogP contribution in [0, 0.1) is 24.6 Å². The van der Waals surface area contributed by atoms with E-state index in [1.807, 2.05) is 0 Å². The number of aliphatic hydroxyl groups is 1. The minimum atomic E-state index is -5.02. The number of carbonyl (C=O) groups excluding carboxylic acids is 2. The van der Waals surface area contributed by atoms with E-state index in [0.717, 1.165) is 23.6 Å². The SMILES string of the molecule is CC(=O)C[C@@H]1CCC[C@H](C(=O)Nc2cc(-c3cc(F)c4nn(C)c(C(C)(O)C(F)(F)F)c4c3)c(C)cn2)C1. The number of aryl methyl sites for hydroxylation is 2. The Morgan fingerprint density at radius 2 is 1.92 bits per heavy atom. The van der Waals surface area contributed by atoms with Gasteiger partial charge >= 0.3 is 6.18 Å². The van der Waals surface area contributed by atoms with Crippen molar-refractivity contribution in [3.05, 3.63) is 41.5 Å². The number of hydrogen-bond acceptors (Lipinski definition) is 5. The van der Waals surface area contributed by atoms with Crippen molar-refractivity contribution >= 4 is 28.4 Å². The Morgan fingerprint density at radius 1 is 1.21 bits per heavy atom. The van der Waals surface area contributed by atoms with Crippen LogP contribution in [0.2, 0.25) is 0 Å². The van der Waals surface area contributed by atoms with Gasteiger partial charge < -0.3 is 15.2 Å². The number of halogens is 4. The van der Waals surface area contributed by atoms with Crippen LogP contribution in [0.5, 0.6) is 0 Å². The molecule has 1 aliphatic rings. The molecular weight excluding hydrogens is 504 g/mol. The first kappa shape index (κ1) is 27.7. The molecule has 7 nitrogen and oxygen atoms in total. The number of benzene rings is 1. The maximum atomic E-state index is 15.1. The topological polar surface area (TPSA) is 97.1 Å². The number of nitrogens with zero attached hydrogens (tertiary/aromatic N) is 3. The Hall–Kier alpha value is -3.34. The number of amides is 1. The molecule has 2 N–H and O–H groups in total. The van der Waals surface area contributed by atoms with Crippen LogP contribution < -0.4 is 5.32 Å². The second-order valence-corrected chi connectivity index (χ2v) is 10.4. The molecule has 0 aliphatic heterocycles. The number of fused-ring (bicyclic) bond motifs is 1. The van der Waals surface area contributed by atoms with Gasteiger partial charge in [0.15, 0.2) is 11.4 Å². The summed E-state index contributed by atoms with van der Waals surface area (Å²) in [5.74, 6) is -0.861. The molecule has 2 aromatic heterocycles. The Bertz CT molecular complexity index is 1400. The highest BCUT2D eigenvalue weighted by atomic mass is 19.4. The van der Waals surface area contributed by atoms with E-state index in [4.69, 9.17) is 0 Å². The lowest BCUT2D eigenvalue weighted by atomic mass is 9.79. The third kappa shape index (κ3) is 5.29. The Labute approximate surface area is 217 Å². The van der Waals surface area contributed by atoms with E-state index in [0.29, 0.717) is 37.3 Å². The molecule has 1 aromatic carbocycles. The summed E-state index contributed by atoms with van der Waals surface area (Å²) in [6, 6.07) is 4.05. The van der Waals surface area contributed by atoms with Crippen molar-refractivity contribution < 1.29 is 32.3 Å². The third-order valence-electron chi connectivity index (χ3n) is 7.30. The number of rotatable bonds is 6. The molecule has 1 fully saturated rings. The second kappa shape index (κ2) is 10.1. The number of nitrogens with one attached hydrogen (secondary N) is 1. The van der Waals surface area contributed by atoms with Crippen LogP contribution in [0.25, 0.3) is 22.0 Å². The summed E-state index contributed by atoms with van der Waals surface area (Å²) in [7, 11) is 1.21. The summed E-state index contributed by atoms with van der Waals surface area (Å²) in [5, 5.41) is 16.8. The van der Waals surface area contributed by atoms with Crippen LogP contribution >= 0.6 is 0 Å². The molecule has 1 amide bonds. The zero-order valence-electron chi connectivity index (χ0n) is 21.6. The van der Waals surface area contributed by atoms with Crippen LogP contribution in [0.3, 0.4) is 0 Å². The fourth-order valence-electron chi connectivity index (χ4n) is 5.38. The largest absolute Gasteiger partial charge is 0.422 e. The highest BCUT2D eigenvalue weighted by Gasteiger charge is 2.54. The van der Waals surface area contributed by atoms with E-state index in [1.165, 1.54) is 19.3 Å². The molecule has 1 unspecified atom stereocenters. The molecule has 0 saturated heterocycles. The fourth-order valence-corrected chi connectivity index (χ4v) is 5.38. The van der Waals surface area contributed by atoms with Crippen molar-refractivity contribution in [3.63, 3.8) is 0 Å². The minimum absolute atomic E-state index is 0.0959. The van der Waals surface area contributed by atoms with Crippen LogP contribution in [-0.4, -0.2) is 37.7 Å². The van der Waals surface area contributed by atoms with Crippen molar-refractivity contribution in [3.8, 4) is 11.1 Å². The number of hydrogen-bond donors (Lipinski definition) is 2. The molecule has 11 heteroatoms. The van der Waals surface area contributed by atoms with Crippen LogP contribution in [0.15, 0.2) is 24.4 Å². The van der Waals surface area contributed by atoms with Crippen molar-refractivity contribution in [1.82, 2.24) is 14.8 Å². The van der Waals surface area contributed by atoms with E-state index in [2.05, 4.69) is 15.4 Å². The molecule has 0 spiro atoms. The average Bonchev–Trinajstić information content (AvgIpc) is 3.16. The highest BCUT2D eigenvalue weighted by Crippen LogP contribution is 2.42. The van der Waals surface area contributed by atoms with Gasteiger partial charge in [-0.1, -0.05) is 6.42 Å². The van der Waals surface area contributed by atoms with E-state index < -0.39 is 23.3 Å². The van der Waals surface area contributed by atoms with Gasteiger partial charge in [-0.25, -0.2) is 9.37 Å². The molecule has 38 heavy (non-hydrogen) atoms.